The van der Waals surface area contributed by atoms with E-state index >= 15 is 4.79 Å². The number of carbonyl (C=O) groups is 7. The summed E-state index contributed by atoms with van der Waals surface area (Å²) in [6.07, 6.45) is -12.5. The van der Waals surface area contributed by atoms with E-state index in [0.717, 1.165) is 6.92 Å². The predicted octanol–water partition coefficient (Wildman–Crippen LogP) is 5.46. The van der Waals surface area contributed by atoms with Crippen LogP contribution >= 0.6 is 0 Å². The van der Waals surface area contributed by atoms with Crippen molar-refractivity contribution in [2.75, 3.05) is 45.4 Å². The van der Waals surface area contributed by atoms with Gasteiger partial charge in [-0.05, 0) is 79.4 Å². The average molecular weight is 1100 g/mol. The standard InChI is InChI=1S/C60H67N3O17/c1-34-43(77-55(71)48(67)47(38-17-11-8-12-18-38)63-53(69)39-19-13-9-14-20-39)30-60(73)52(79-54(70)40-21-15-10-16-22-40)50-58(6,44(66)29-45-59(50,33-76-45)80-36(3)64)51(68)49(46(34)57(60,4)5)78-56(72)62-41-25-23-37(24-26-41)35(2)61-31-42(65)32-75-28-27-74-7/h8-26,43-45,47-50,52,66-67,73H,27-33H2,1-7H3,(H,62,72)(H,63,69)/t43-,44-,45+,47-,48+,49+,50-,52-,58+,59-,60+/m0/s1. The van der Waals surface area contributed by atoms with Crippen LogP contribution in [0.5, 0.6) is 0 Å². The highest BCUT2D eigenvalue weighted by Crippen LogP contribution is 2.64. The number of ketones is 2. The topological polar surface area (TPSA) is 281 Å². The Morgan fingerprint density at radius 3 is 2.04 bits per heavy atom. The molecule has 3 fully saturated rings. The van der Waals surface area contributed by atoms with E-state index in [0.29, 0.717) is 23.4 Å². The number of carbonyl (C=O) groups excluding carboxylic acids is 7. The van der Waals surface area contributed by atoms with Gasteiger partial charge in [-0.25, -0.2) is 14.4 Å². The fraction of sp³-hybridized carbons (Fsp3) is 0.433. The first-order valence-electron chi connectivity index (χ1n) is 26.3. The van der Waals surface area contributed by atoms with Crippen molar-refractivity contribution in [3.05, 3.63) is 149 Å². The van der Waals surface area contributed by atoms with Crippen molar-refractivity contribution < 1.29 is 82.0 Å². The highest BCUT2D eigenvalue weighted by atomic mass is 16.6. The lowest BCUT2D eigenvalue weighted by molar-refractivity contribution is -0.345. The van der Waals surface area contributed by atoms with E-state index in [1.807, 2.05) is 0 Å². The van der Waals surface area contributed by atoms with E-state index in [9.17, 15) is 44.1 Å². The number of nitrogens with one attached hydrogen (secondary N) is 2. The van der Waals surface area contributed by atoms with Gasteiger partial charge < -0.3 is 53.8 Å². The van der Waals surface area contributed by atoms with E-state index in [2.05, 4.69) is 15.6 Å². The Hall–Kier alpha value is -7.46. The number of ether oxygens (including phenoxy) is 7. The van der Waals surface area contributed by atoms with Crippen LogP contribution in [0.15, 0.2) is 131 Å². The molecule has 5 N–H and O–H groups in total. The van der Waals surface area contributed by atoms with Crippen LogP contribution in [-0.2, 0) is 52.3 Å². The molecule has 20 nitrogen and oxygen atoms in total. The molecule has 1 heterocycles. The molecule has 2 bridgehead atoms. The molecule has 8 rings (SSSR count). The molecule has 0 unspecified atom stereocenters. The molecule has 0 aromatic heterocycles. The van der Waals surface area contributed by atoms with Crippen LogP contribution in [0.1, 0.15) is 92.3 Å². The van der Waals surface area contributed by atoms with Gasteiger partial charge in [0.1, 0.15) is 37.1 Å². The molecule has 4 aliphatic rings. The summed E-state index contributed by atoms with van der Waals surface area (Å²) in [6.45, 7) is 8.74. The van der Waals surface area contributed by atoms with Crippen LogP contribution in [0.2, 0.25) is 0 Å². The Bertz CT molecular complexity index is 3020. The van der Waals surface area contributed by atoms with Gasteiger partial charge >= 0.3 is 24.0 Å². The number of anilines is 1. The molecule has 1 aliphatic heterocycles. The summed E-state index contributed by atoms with van der Waals surface area (Å²) < 4.78 is 41.3. The number of rotatable bonds is 19. The average Bonchev–Trinajstić information content (AvgIpc) is 2.03. The summed E-state index contributed by atoms with van der Waals surface area (Å²) in [5, 5.41) is 43.9. The van der Waals surface area contributed by atoms with Crippen LogP contribution in [0.25, 0.3) is 0 Å². The molecule has 3 aliphatic carbocycles. The fourth-order valence-electron chi connectivity index (χ4n) is 11.7. The fourth-order valence-corrected chi connectivity index (χ4v) is 11.7. The number of fused-ring (bicyclic) bond motifs is 5. The molecule has 4 aromatic carbocycles. The highest BCUT2D eigenvalue weighted by molar-refractivity contribution is 6.01. The number of hydrogen-bond acceptors (Lipinski definition) is 18. The first-order chi connectivity index (χ1) is 38.1. The molecule has 80 heavy (non-hydrogen) atoms. The number of esters is 3. The lowest BCUT2D eigenvalue weighted by atomic mass is 9.44. The number of benzene rings is 4. The third-order valence-electron chi connectivity index (χ3n) is 16.2. The zero-order valence-electron chi connectivity index (χ0n) is 45.5. The Morgan fingerprint density at radius 2 is 1.44 bits per heavy atom. The maximum absolute atomic E-state index is 16.2. The quantitative estimate of drug-likeness (QED) is 0.0256. The highest BCUT2D eigenvalue weighted by Gasteiger charge is 2.78. The normalized spacial score (nSPS) is 27.5. The summed E-state index contributed by atoms with van der Waals surface area (Å²) in [7, 11) is 1.52. The molecule has 424 valence electrons. The smallest absolute Gasteiger partial charge is 0.412 e. The third-order valence-corrected chi connectivity index (χ3v) is 16.2. The Morgan fingerprint density at radius 1 is 0.812 bits per heavy atom. The van der Waals surface area contributed by atoms with Gasteiger partial charge in [-0.1, -0.05) is 92.7 Å². The van der Waals surface area contributed by atoms with Gasteiger partial charge in [0.2, 0.25) is 0 Å². The van der Waals surface area contributed by atoms with Crippen LogP contribution < -0.4 is 10.6 Å². The Labute approximate surface area is 462 Å². The number of aliphatic hydroxyl groups is 3. The second kappa shape index (κ2) is 24.1. The van der Waals surface area contributed by atoms with Crippen LogP contribution in [0.3, 0.4) is 0 Å². The van der Waals surface area contributed by atoms with E-state index in [1.165, 1.54) is 46.9 Å². The lowest BCUT2D eigenvalue weighted by Crippen LogP contribution is -2.82. The van der Waals surface area contributed by atoms with E-state index < -0.39 is 113 Å². The van der Waals surface area contributed by atoms with Crippen LogP contribution in [0, 0.1) is 16.7 Å². The van der Waals surface area contributed by atoms with Crippen molar-refractivity contribution in [1.29, 1.82) is 0 Å². The minimum Gasteiger partial charge on any atom is -0.456 e. The van der Waals surface area contributed by atoms with Gasteiger partial charge in [-0.15, -0.1) is 0 Å². The second-order valence-electron chi connectivity index (χ2n) is 21.3. The number of nitrogens with zero attached hydrogens (tertiary/aromatic N) is 1. The Kier molecular flexibility index (Phi) is 17.7. The van der Waals surface area contributed by atoms with E-state index in [4.69, 9.17) is 33.2 Å². The molecule has 1 saturated heterocycles. The lowest BCUT2D eigenvalue weighted by Gasteiger charge is -2.67. The zero-order valence-corrected chi connectivity index (χ0v) is 45.5. The van der Waals surface area contributed by atoms with Crippen LogP contribution in [0.4, 0.5) is 10.5 Å². The molecule has 20 heteroatoms. The summed E-state index contributed by atoms with van der Waals surface area (Å²) in [5.74, 6) is -6.55. The molecular weight excluding hydrogens is 1030 g/mol. The summed E-state index contributed by atoms with van der Waals surface area (Å²) >= 11 is 0. The molecule has 11 atom stereocenters. The largest absolute Gasteiger partial charge is 0.456 e. The maximum Gasteiger partial charge on any atom is 0.412 e. The molecule has 2 saturated carbocycles. The van der Waals surface area contributed by atoms with E-state index in [-0.39, 0.29) is 66.5 Å². The summed E-state index contributed by atoms with van der Waals surface area (Å²) in [4.78, 5) is 104. The number of methoxy groups -OCH3 is 1. The second-order valence-corrected chi connectivity index (χ2v) is 21.3. The van der Waals surface area contributed by atoms with Gasteiger partial charge in [-0.3, -0.25) is 29.5 Å². The minimum absolute atomic E-state index is 0.0321. The van der Waals surface area contributed by atoms with Crippen molar-refractivity contribution >= 4 is 52.9 Å². The number of Topliss-reactive ketones (excluding diaryl/α,β-unsaturated/α-hetero) is 2. The van der Waals surface area contributed by atoms with Crippen molar-refractivity contribution in [3.8, 4) is 0 Å². The third kappa shape index (κ3) is 11.5. The maximum atomic E-state index is 16.2. The van der Waals surface area contributed by atoms with Crippen molar-refractivity contribution in [2.45, 2.75) is 108 Å². The zero-order chi connectivity index (χ0) is 57.7. The minimum atomic E-state index is -2.51. The van der Waals surface area contributed by atoms with Crippen molar-refractivity contribution in [1.82, 2.24) is 5.32 Å². The summed E-state index contributed by atoms with van der Waals surface area (Å²) in [6, 6.07) is 29.1. The van der Waals surface area contributed by atoms with Gasteiger partial charge in [0.25, 0.3) is 5.91 Å². The predicted molar refractivity (Wildman–Crippen MR) is 287 cm³/mol. The first kappa shape index (κ1) is 58.7. The summed E-state index contributed by atoms with van der Waals surface area (Å²) in [5.41, 5.74) is -6.45. The molecule has 4 aromatic rings. The number of aliphatic hydroxyl groups excluding tert-OH is 2. The molecule has 0 radical (unpaired) electrons. The monoisotopic (exact) mass is 1100 g/mol. The Balaban J connectivity index is 1.21. The molecular formula is C60H67N3O17. The molecule has 2 amide bonds. The number of aliphatic imine (C=N–C) groups is 1. The van der Waals surface area contributed by atoms with Gasteiger partial charge in [0.15, 0.2) is 29.4 Å². The van der Waals surface area contributed by atoms with Gasteiger partial charge in [-0.2, -0.15) is 0 Å². The van der Waals surface area contributed by atoms with Crippen molar-refractivity contribution in [3.63, 3.8) is 0 Å². The first-order valence-corrected chi connectivity index (χ1v) is 26.3. The van der Waals surface area contributed by atoms with Gasteiger partial charge in [0, 0.05) is 49.3 Å². The van der Waals surface area contributed by atoms with Crippen LogP contribution in [-0.4, -0.2) is 150 Å². The molecule has 0 spiro atoms. The van der Waals surface area contributed by atoms with Gasteiger partial charge in [0.05, 0.1) is 48.9 Å². The number of amides is 2. The van der Waals surface area contributed by atoms with E-state index in [1.54, 1.807) is 110 Å². The number of hydrogen-bond donors (Lipinski definition) is 5. The van der Waals surface area contributed by atoms with Crippen molar-refractivity contribution in [2.24, 2.45) is 21.7 Å². The SMILES string of the molecule is COCCOCC(=O)CN=C(C)c1ccc(NC(=O)O[C@H]2C(=O)[C@@]3(C)[C@H]([C@H](OC(=O)c4ccccc4)[C@]4(O)C[C@H](OC(=O)[C@H](O)[C@@H](NC(=O)c5ccccc5)c5ccccc5)C(C)=C2C4(C)C)[C@]2(OC(C)=O)CO[C@@H]2C[C@@H]3O)cc1.